The van der Waals surface area contributed by atoms with E-state index in [1.54, 1.807) is 19.3 Å². The van der Waals surface area contributed by atoms with E-state index >= 15 is 0 Å². The minimum absolute atomic E-state index is 0.207. The van der Waals surface area contributed by atoms with Crippen molar-refractivity contribution in [2.45, 2.75) is 13.8 Å². The second-order valence-corrected chi connectivity index (χ2v) is 3.78. The van der Waals surface area contributed by atoms with Crippen LogP contribution >= 0.6 is 0 Å². The number of hydrogen-bond acceptors (Lipinski definition) is 5. The Kier molecular flexibility index (Phi) is 3.47. The van der Waals surface area contributed by atoms with Gasteiger partial charge in [0.15, 0.2) is 0 Å². The monoisotopic (exact) mass is 243 g/mol. The fraction of sp³-hybridized carbons (Fsp3) is 0.167. The zero-order chi connectivity index (χ0) is 13.0. The maximum atomic E-state index is 11.2. The van der Waals surface area contributed by atoms with E-state index in [0.717, 1.165) is 11.3 Å². The molecule has 6 heteroatoms. The quantitative estimate of drug-likeness (QED) is 0.629. The number of hydrazone groups is 1. The summed E-state index contributed by atoms with van der Waals surface area (Å²) in [5, 5.41) is 4.15. The molecule has 2 rings (SSSR count). The van der Waals surface area contributed by atoms with Crippen molar-refractivity contribution < 1.29 is 0 Å². The molecule has 0 unspecified atom stereocenters. The van der Waals surface area contributed by atoms with Gasteiger partial charge in [0.1, 0.15) is 0 Å². The molecule has 0 radical (unpaired) electrons. The van der Waals surface area contributed by atoms with Crippen molar-refractivity contribution in [3.8, 4) is 0 Å². The van der Waals surface area contributed by atoms with Crippen molar-refractivity contribution in [3.63, 3.8) is 0 Å². The lowest BCUT2D eigenvalue weighted by Crippen LogP contribution is -2.11. The number of anilines is 1. The standard InChI is InChI=1S/C12H13N5O/c1-8-7-11(18)15-12(14-8)17-16-9(2)10-3-5-13-6-4-10/h3-7H,1-2H3,(H2,14,15,17,18). The SMILES string of the molecule is CC(=NNc1nc(C)cc(=O)[nH]1)c1ccncc1. The van der Waals surface area contributed by atoms with Gasteiger partial charge >= 0.3 is 0 Å². The van der Waals surface area contributed by atoms with E-state index in [4.69, 9.17) is 0 Å². The Morgan fingerprint density at radius 1 is 1.39 bits per heavy atom. The number of aromatic amines is 1. The highest BCUT2D eigenvalue weighted by atomic mass is 16.1. The Labute approximate surface area is 104 Å². The van der Waals surface area contributed by atoms with E-state index < -0.39 is 0 Å². The predicted octanol–water partition coefficient (Wildman–Crippen LogP) is 1.31. The third kappa shape index (κ3) is 3.00. The Hall–Kier alpha value is -2.50. The van der Waals surface area contributed by atoms with Crippen LogP contribution in [0.25, 0.3) is 0 Å². The van der Waals surface area contributed by atoms with E-state index in [-0.39, 0.29) is 5.56 Å². The highest BCUT2D eigenvalue weighted by molar-refractivity contribution is 5.98. The molecule has 2 aromatic heterocycles. The lowest BCUT2D eigenvalue weighted by atomic mass is 10.2. The van der Waals surface area contributed by atoms with Crippen LogP contribution in [-0.4, -0.2) is 20.7 Å². The van der Waals surface area contributed by atoms with Crippen LogP contribution in [0.15, 0.2) is 40.5 Å². The van der Waals surface area contributed by atoms with Gasteiger partial charge in [-0.05, 0) is 26.0 Å². The highest BCUT2D eigenvalue weighted by Crippen LogP contribution is 2.01. The summed E-state index contributed by atoms with van der Waals surface area (Å²) in [6.07, 6.45) is 3.39. The van der Waals surface area contributed by atoms with Gasteiger partial charge in [0.05, 0.1) is 5.71 Å². The molecule has 2 heterocycles. The molecule has 18 heavy (non-hydrogen) atoms. The van der Waals surface area contributed by atoms with Gasteiger partial charge in [-0.3, -0.25) is 14.8 Å². The molecule has 0 bridgehead atoms. The van der Waals surface area contributed by atoms with Gasteiger partial charge in [-0.2, -0.15) is 5.10 Å². The largest absolute Gasteiger partial charge is 0.291 e. The minimum atomic E-state index is -0.207. The highest BCUT2D eigenvalue weighted by Gasteiger charge is 1.98. The van der Waals surface area contributed by atoms with Crippen molar-refractivity contribution in [1.82, 2.24) is 15.0 Å². The molecular weight excluding hydrogens is 230 g/mol. The van der Waals surface area contributed by atoms with Gasteiger partial charge < -0.3 is 0 Å². The van der Waals surface area contributed by atoms with E-state index in [1.165, 1.54) is 6.07 Å². The van der Waals surface area contributed by atoms with E-state index in [1.807, 2.05) is 19.1 Å². The van der Waals surface area contributed by atoms with Crippen molar-refractivity contribution >= 4 is 11.7 Å². The summed E-state index contributed by atoms with van der Waals surface area (Å²) >= 11 is 0. The predicted molar refractivity (Wildman–Crippen MR) is 69.7 cm³/mol. The number of aryl methyl sites for hydroxylation is 1. The number of hydrogen-bond donors (Lipinski definition) is 2. The van der Waals surface area contributed by atoms with Gasteiger partial charge in [-0.15, -0.1) is 0 Å². The molecule has 0 fully saturated rings. The average Bonchev–Trinajstić information content (AvgIpc) is 2.36. The van der Waals surface area contributed by atoms with Gasteiger partial charge in [0.2, 0.25) is 5.95 Å². The first-order chi connectivity index (χ1) is 8.65. The van der Waals surface area contributed by atoms with E-state index in [2.05, 4.69) is 25.5 Å². The number of rotatable bonds is 3. The first-order valence-electron chi connectivity index (χ1n) is 5.44. The second kappa shape index (κ2) is 5.22. The topological polar surface area (TPSA) is 83.0 Å². The van der Waals surface area contributed by atoms with E-state index in [9.17, 15) is 4.79 Å². The summed E-state index contributed by atoms with van der Waals surface area (Å²) < 4.78 is 0. The van der Waals surface area contributed by atoms with Gasteiger partial charge in [-0.25, -0.2) is 10.4 Å². The smallest absolute Gasteiger partial charge is 0.252 e. The molecule has 2 aromatic rings. The number of aromatic nitrogens is 3. The molecule has 0 spiro atoms. The molecule has 0 saturated heterocycles. The van der Waals surface area contributed by atoms with Crippen molar-refractivity contribution in [1.29, 1.82) is 0 Å². The minimum Gasteiger partial charge on any atom is -0.291 e. The van der Waals surface area contributed by atoms with Crippen LogP contribution in [0.5, 0.6) is 0 Å². The molecule has 0 amide bonds. The van der Waals surface area contributed by atoms with Crippen molar-refractivity contribution in [3.05, 3.63) is 52.2 Å². The summed E-state index contributed by atoms with van der Waals surface area (Å²) in [6, 6.07) is 5.13. The maximum absolute atomic E-state index is 11.2. The Morgan fingerprint density at radius 3 is 2.78 bits per heavy atom. The number of H-pyrrole nitrogens is 1. The molecule has 0 aromatic carbocycles. The third-order valence-corrected chi connectivity index (χ3v) is 2.30. The molecule has 0 aliphatic rings. The average molecular weight is 243 g/mol. The van der Waals surface area contributed by atoms with Crippen LogP contribution in [0.3, 0.4) is 0 Å². The van der Waals surface area contributed by atoms with Crippen LogP contribution in [0.1, 0.15) is 18.2 Å². The number of nitrogens with zero attached hydrogens (tertiary/aromatic N) is 3. The molecule has 92 valence electrons. The van der Waals surface area contributed by atoms with Crippen molar-refractivity contribution in [2.75, 3.05) is 5.43 Å². The molecule has 0 aliphatic carbocycles. The first kappa shape index (κ1) is 12.0. The molecule has 6 nitrogen and oxygen atoms in total. The fourth-order valence-electron chi connectivity index (χ4n) is 1.43. The summed E-state index contributed by atoms with van der Waals surface area (Å²) in [4.78, 5) is 21.8. The molecule has 0 atom stereocenters. The summed E-state index contributed by atoms with van der Waals surface area (Å²) in [5.74, 6) is 0.327. The molecule has 2 N–H and O–H groups in total. The molecule has 0 aliphatic heterocycles. The second-order valence-electron chi connectivity index (χ2n) is 3.78. The summed E-state index contributed by atoms with van der Waals surface area (Å²) in [6.45, 7) is 3.61. The van der Waals surface area contributed by atoms with Crippen LogP contribution in [0.2, 0.25) is 0 Å². The lowest BCUT2D eigenvalue weighted by Gasteiger charge is -2.02. The maximum Gasteiger partial charge on any atom is 0.252 e. The zero-order valence-corrected chi connectivity index (χ0v) is 10.1. The Balaban J connectivity index is 2.18. The molecular formula is C12H13N5O. The van der Waals surface area contributed by atoms with Gasteiger partial charge in [0, 0.05) is 29.7 Å². The van der Waals surface area contributed by atoms with Crippen LogP contribution in [-0.2, 0) is 0 Å². The lowest BCUT2D eigenvalue weighted by molar-refractivity contribution is 1.04. The first-order valence-corrected chi connectivity index (χ1v) is 5.44. The van der Waals surface area contributed by atoms with Gasteiger partial charge in [0.25, 0.3) is 5.56 Å². The number of pyridine rings is 1. The van der Waals surface area contributed by atoms with Crippen LogP contribution in [0, 0.1) is 6.92 Å². The zero-order valence-electron chi connectivity index (χ0n) is 10.1. The van der Waals surface area contributed by atoms with Crippen LogP contribution < -0.4 is 11.0 Å². The third-order valence-electron chi connectivity index (χ3n) is 2.30. The fourth-order valence-corrected chi connectivity index (χ4v) is 1.43. The van der Waals surface area contributed by atoms with Crippen molar-refractivity contribution in [2.24, 2.45) is 5.10 Å². The normalized spacial score (nSPS) is 11.3. The Morgan fingerprint density at radius 2 is 2.11 bits per heavy atom. The number of nitrogens with one attached hydrogen (secondary N) is 2. The van der Waals surface area contributed by atoms with Gasteiger partial charge in [-0.1, -0.05) is 0 Å². The Bertz CT molecular complexity index is 618. The molecule has 0 saturated carbocycles. The summed E-state index contributed by atoms with van der Waals surface area (Å²) in [7, 11) is 0. The summed E-state index contributed by atoms with van der Waals surface area (Å²) in [5.41, 5.74) is 4.89. The van der Waals surface area contributed by atoms with Crippen LogP contribution in [0.4, 0.5) is 5.95 Å². The van der Waals surface area contributed by atoms with E-state index in [0.29, 0.717) is 11.6 Å².